The van der Waals surface area contributed by atoms with E-state index in [1.54, 1.807) is 13.1 Å². The van der Waals surface area contributed by atoms with Crippen molar-refractivity contribution in [2.45, 2.75) is 13.0 Å². The van der Waals surface area contributed by atoms with Crippen molar-refractivity contribution < 1.29 is 9.90 Å². The molecule has 5 heteroatoms. The third kappa shape index (κ3) is 1.24. The van der Waals surface area contributed by atoms with Crippen LogP contribution in [0, 0.1) is 0 Å². The van der Waals surface area contributed by atoms with Gasteiger partial charge in [0.1, 0.15) is 0 Å². The van der Waals surface area contributed by atoms with E-state index in [4.69, 9.17) is 5.11 Å². The number of hydrazine groups is 1. The number of hydrogen-bond donors (Lipinski definition) is 2. The molecule has 1 unspecified atom stereocenters. The third-order valence-corrected chi connectivity index (χ3v) is 1.27. The highest BCUT2D eigenvalue weighted by atomic mass is 16.4. The molecule has 0 aromatic carbocycles. The molecule has 0 radical (unpaired) electrons. The van der Waals surface area contributed by atoms with Crippen LogP contribution in [0.5, 0.6) is 0 Å². The number of hydrazone groups is 1. The fourth-order valence-electron chi connectivity index (χ4n) is 0.646. The number of hydrogen-bond acceptors (Lipinski definition) is 4. The first-order chi connectivity index (χ1) is 4.72. The molecule has 0 amide bonds. The molecule has 2 N–H and O–H groups in total. The van der Waals surface area contributed by atoms with E-state index in [0.717, 1.165) is 0 Å². The first-order valence-electron chi connectivity index (χ1n) is 3.00. The molecule has 1 aliphatic rings. The van der Waals surface area contributed by atoms with Crippen LogP contribution in [0.1, 0.15) is 6.92 Å². The van der Waals surface area contributed by atoms with Gasteiger partial charge in [-0.25, -0.2) is 15.3 Å². The molecule has 0 saturated carbocycles. The Morgan fingerprint density at radius 1 is 2.00 bits per heavy atom. The first kappa shape index (κ1) is 7.01. The molecule has 1 aliphatic heterocycles. The summed E-state index contributed by atoms with van der Waals surface area (Å²) in [6, 6.07) is -0.598. The molecule has 0 aromatic rings. The fourth-order valence-corrected chi connectivity index (χ4v) is 0.646. The summed E-state index contributed by atoms with van der Waals surface area (Å²) in [6.07, 6.45) is 1.62. The molecule has 0 spiro atoms. The molecular weight excluding hydrogens is 134 g/mol. The zero-order valence-electron chi connectivity index (χ0n) is 5.61. The SMILES string of the molecule is CC(C(=O)O)N1N=CCN1. The first-order valence-corrected chi connectivity index (χ1v) is 3.00. The average Bonchev–Trinajstić information content (AvgIpc) is 2.36. The molecule has 1 atom stereocenters. The van der Waals surface area contributed by atoms with Gasteiger partial charge in [-0.2, -0.15) is 5.10 Å². The van der Waals surface area contributed by atoms with E-state index in [-0.39, 0.29) is 0 Å². The topological polar surface area (TPSA) is 64.9 Å². The van der Waals surface area contributed by atoms with Gasteiger partial charge in [0.25, 0.3) is 0 Å². The predicted molar refractivity (Wildman–Crippen MR) is 35.4 cm³/mol. The van der Waals surface area contributed by atoms with Crippen LogP contribution in [0.3, 0.4) is 0 Å². The van der Waals surface area contributed by atoms with Gasteiger partial charge < -0.3 is 5.11 Å². The lowest BCUT2D eigenvalue weighted by Crippen LogP contribution is -2.41. The summed E-state index contributed by atoms with van der Waals surface area (Å²) in [5.74, 6) is -0.883. The highest BCUT2D eigenvalue weighted by molar-refractivity contribution is 5.73. The number of aliphatic carboxylic acids is 1. The molecule has 10 heavy (non-hydrogen) atoms. The lowest BCUT2D eigenvalue weighted by Gasteiger charge is -2.17. The standard InChI is InChI=1S/C5H9N3O2/c1-4(5(9)10)8-6-2-3-7-8/h2,4,7H,3H2,1H3,(H,9,10). The van der Waals surface area contributed by atoms with Gasteiger partial charge in [0.05, 0.1) is 6.54 Å². The van der Waals surface area contributed by atoms with Gasteiger partial charge in [0, 0.05) is 6.21 Å². The zero-order chi connectivity index (χ0) is 7.56. The Labute approximate surface area is 58.3 Å². The van der Waals surface area contributed by atoms with Gasteiger partial charge in [-0.3, -0.25) is 0 Å². The Kier molecular flexibility index (Phi) is 1.86. The van der Waals surface area contributed by atoms with Crippen molar-refractivity contribution >= 4 is 12.2 Å². The quantitative estimate of drug-likeness (QED) is 0.534. The molecule has 0 bridgehead atoms. The highest BCUT2D eigenvalue weighted by Crippen LogP contribution is 1.97. The zero-order valence-corrected chi connectivity index (χ0v) is 5.61. The lowest BCUT2D eigenvalue weighted by atomic mass is 10.4. The van der Waals surface area contributed by atoms with Gasteiger partial charge in [-0.15, -0.1) is 0 Å². The number of nitrogens with one attached hydrogen (secondary N) is 1. The Morgan fingerprint density at radius 2 is 2.70 bits per heavy atom. The molecule has 0 fully saturated rings. The van der Waals surface area contributed by atoms with E-state index in [9.17, 15) is 4.79 Å². The number of carboxylic acids is 1. The smallest absolute Gasteiger partial charge is 0.329 e. The normalized spacial score (nSPS) is 19.5. The van der Waals surface area contributed by atoms with Gasteiger partial charge >= 0.3 is 5.97 Å². The van der Waals surface area contributed by atoms with Crippen LogP contribution >= 0.6 is 0 Å². The molecular formula is C5H9N3O2. The average molecular weight is 143 g/mol. The summed E-state index contributed by atoms with van der Waals surface area (Å²) < 4.78 is 0. The minimum atomic E-state index is -0.883. The second-order valence-corrected chi connectivity index (χ2v) is 2.02. The molecule has 0 saturated heterocycles. The molecule has 0 aromatic heterocycles. The highest BCUT2D eigenvalue weighted by Gasteiger charge is 2.19. The van der Waals surface area contributed by atoms with Crippen molar-refractivity contribution in [3.05, 3.63) is 0 Å². The van der Waals surface area contributed by atoms with E-state index in [0.29, 0.717) is 6.54 Å². The van der Waals surface area contributed by atoms with Crippen molar-refractivity contribution in [1.29, 1.82) is 0 Å². The fraction of sp³-hybridized carbons (Fsp3) is 0.600. The van der Waals surface area contributed by atoms with E-state index in [1.165, 1.54) is 5.12 Å². The molecule has 1 rings (SSSR count). The maximum absolute atomic E-state index is 10.3. The summed E-state index contributed by atoms with van der Waals surface area (Å²) in [5, 5.41) is 13.6. The second-order valence-electron chi connectivity index (χ2n) is 2.02. The van der Waals surface area contributed by atoms with Crippen molar-refractivity contribution in [2.75, 3.05) is 6.54 Å². The number of carbonyl (C=O) groups is 1. The largest absolute Gasteiger partial charge is 0.480 e. The van der Waals surface area contributed by atoms with Crippen LogP contribution in [0.2, 0.25) is 0 Å². The minimum absolute atomic E-state index is 0.598. The van der Waals surface area contributed by atoms with Crippen LogP contribution in [-0.4, -0.2) is 35.0 Å². The van der Waals surface area contributed by atoms with Crippen molar-refractivity contribution in [3.8, 4) is 0 Å². The Morgan fingerprint density at radius 3 is 3.10 bits per heavy atom. The Balaban J connectivity index is 2.48. The van der Waals surface area contributed by atoms with Crippen LogP contribution < -0.4 is 5.43 Å². The summed E-state index contributed by atoms with van der Waals surface area (Å²) in [5.41, 5.74) is 2.77. The minimum Gasteiger partial charge on any atom is -0.480 e. The maximum Gasteiger partial charge on any atom is 0.329 e. The van der Waals surface area contributed by atoms with Crippen molar-refractivity contribution in [2.24, 2.45) is 5.10 Å². The summed E-state index contributed by atoms with van der Waals surface area (Å²) in [6.45, 7) is 2.18. The number of carboxylic acid groups (broad SMARTS) is 1. The van der Waals surface area contributed by atoms with E-state index < -0.39 is 12.0 Å². The molecule has 56 valence electrons. The van der Waals surface area contributed by atoms with Crippen LogP contribution in [0.4, 0.5) is 0 Å². The van der Waals surface area contributed by atoms with Gasteiger partial charge in [-0.05, 0) is 6.92 Å². The maximum atomic E-state index is 10.3. The van der Waals surface area contributed by atoms with E-state index in [2.05, 4.69) is 10.5 Å². The predicted octanol–water partition coefficient (Wildman–Crippen LogP) is -0.734. The summed E-state index contributed by atoms with van der Waals surface area (Å²) in [7, 11) is 0. The third-order valence-electron chi connectivity index (χ3n) is 1.27. The van der Waals surface area contributed by atoms with Gasteiger partial charge in [0.2, 0.25) is 0 Å². The van der Waals surface area contributed by atoms with E-state index >= 15 is 0 Å². The van der Waals surface area contributed by atoms with Gasteiger partial charge in [-0.1, -0.05) is 0 Å². The monoisotopic (exact) mass is 143 g/mol. The second kappa shape index (κ2) is 2.66. The molecule has 5 nitrogen and oxygen atoms in total. The molecule has 0 aliphatic carbocycles. The number of nitrogens with zero attached hydrogens (tertiary/aromatic N) is 2. The lowest BCUT2D eigenvalue weighted by molar-refractivity contribution is -0.143. The summed E-state index contributed by atoms with van der Waals surface area (Å²) >= 11 is 0. The van der Waals surface area contributed by atoms with Crippen molar-refractivity contribution in [3.63, 3.8) is 0 Å². The van der Waals surface area contributed by atoms with E-state index in [1.807, 2.05) is 0 Å². The Hall–Kier alpha value is -1.10. The molecule has 1 heterocycles. The van der Waals surface area contributed by atoms with Crippen LogP contribution in [-0.2, 0) is 4.79 Å². The van der Waals surface area contributed by atoms with Crippen LogP contribution in [0.25, 0.3) is 0 Å². The van der Waals surface area contributed by atoms with Crippen molar-refractivity contribution in [1.82, 2.24) is 10.5 Å². The van der Waals surface area contributed by atoms with Crippen LogP contribution in [0.15, 0.2) is 5.10 Å². The number of rotatable bonds is 2. The Bertz CT molecular complexity index is 168. The van der Waals surface area contributed by atoms with Gasteiger partial charge in [0.15, 0.2) is 6.04 Å². The summed E-state index contributed by atoms with van der Waals surface area (Å²) in [4.78, 5) is 10.3.